The monoisotopic (exact) mass is 278 g/mol. The van der Waals surface area contributed by atoms with Crippen molar-refractivity contribution in [3.8, 4) is 5.88 Å². The topological polar surface area (TPSA) is 43.4 Å². The first-order valence-corrected chi connectivity index (χ1v) is 7.73. The Balaban J connectivity index is 1.93. The average Bonchev–Trinajstić information content (AvgIpc) is 2.98. The number of nitrogens with zero attached hydrogens (tertiary/aromatic N) is 1. The van der Waals surface area contributed by atoms with Gasteiger partial charge in [0, 0.05) is 30.8 Å². The maximum absolute atomic E-state index is 5.86. The molecule has 0 aliphatic carbocycles. The van der Waals surface area contributed by atoms with Crippen molar-refractivity contribution >= 4 is 0 Å². The molecule has 2 heterocycles. The van der Waals surface area contributed by atoms with Crippen LogP contribution in [0, 0.1) is 5.92 Å². The van der Waals surface area contributed by atoms with Gasteiger partial charge < -0.3 is 14.8 Å². The smallest absolute Gasteiger partial charge is 0.213 e. The van der Waals surface area contributed by atoms with Crippen molar-refractivity contribution in [1.82, 2.24) is 10.3 Å². The fourth-order valence-electron chi connectivity index (χ4n) is 2.30. The van der Waals surface area contributed by atoms with E-state index in [2.05, 4.69) is 36.3 Å². The predicted molar refractivity (Wildman–Crippen MR) is 80.0 cm³/mol. The van der Waals surface area contributed by atoms with E-state index in [4.69, 9.17) is 9.47 Å². The van der Waals surface area contributed by atoms with Crippen LogP contribution in [-0.4, -0.2) is 31.3 Å². The second-order valence-corrected chi connectivity index (χ2v) is 5.38. The number of hydrogen-bond acceptors (Lipinski definition) is 4. The minimum Gasteiger partial charge on any atom is -0.477 e. The van der Waals surface area contributed by atoms with Gasteiger partial charge in [0.15, 0.2) is 0 Å². The van der Waals surface area contributed by atoms with Crippen molar-refractivity contribution in [1.29, 1.82) is 0 Å². The summed E-state index contributed by atoms with van der Waals surface area (Å²) in [6, 6.07) is 4.21. The number of rotatable bonds is 8. The molecule has 112 valence electrons. The maximum Gasteiger partial charge on any atom is 0.213 e. The van der Waals surface area contributed by atoms with Crippen LogP contribution in [0.15, 0.2) is 12.1 Å². The molecule has 1 atom stereocenters. The van der Waals surface area contributed by atoms with Gasteiger partial charge in [-0.3, -0.25) is 0 Å². The Morgan fingerprint density at radius 2 is 2.30 bits per heavy atom. The summed E-state index contributed by atoms with van der Waals surface area (Å²) in [6.07, 6.45) is 3.18. The van der Waals surface area contributed by atoms with Gasteiger partial charge in [-0.15, -0.1) is 0 Å². The van der Waals surface area contributed by atoms with Crippen molar-refractivity contribution in [3.05, 3.63) is 23.4 Å². The number of ether oxygens (including phenoxy) is 2. The van der Waals surface area contributed by atoms with E-state index in [9.17, 15) is 0 Å². The molecule has 1 aromatic heterocycles. The van der Waals surface area contributed by atoms with Gasteiger partial charge in [-0.2, -0.15) is 0 Å². The van der Waals surface area contributed by atoms with Gasteiger partial charge in [0.2, 0.25) is 5.88 Å². The molecule has 1 aliphatic rings. The van der Waals surface area contributed by atoms with E-state index in [0.29, 0.717) is 12.5 Å². The highest BCUT2D eigenvalue weighted by molar-refractivity contribution is 5.25. The average molecular weight is 278 g/mol. The van der Waals surface area contributed by atoms with Crippen molar-refractivity contribution in [2.24, 2.45) is 5.92 Å². The summed E-state index contributed by atoms with van der Waals surface area (Å²) >= 11 is 0. The fourth-order valence-corrected chi connectivity index (χ4v) is 2.30. The van der Waals surface area contributed by atoms with E-state index < -0.39 is 0 Å². The SMILES string of the molecule is CCCNCc1cc(CC)nc(OCC2CCOC2)c1. The Hall–Kier alpha value is -1.13. The molecular formula is C16H26N2O2. The highest BCUT2D eigenvalue weighted by atomic mass is 16.5. The number of aryl methyl sites for hydroxylation is 1. The lowest BCUT2D eigenvalue weighted by Gasteiger charge is -2.12. The molecule has 1 unspecified atom stereocenters. The molecule has 0 aromatic carbocycles. The molecule has 0 radical (unpaired) electrons. The minimum atomic E-state index is 0.517. The lowest BCUT2D eigenvalue weighted by atomic mass is 10.1. The van der Waals surface area contributed by atoms with Crippen LogP contribution in [-0.2, 0) is 17.7 Å². The summed E-state index contributed by atoms with van der Waals surface area (Å²) in [6.45, 7) is 8.62. The summed E-state index contributed by atoms with van der Waals surface area (Å²) < 4.78 is 11.2. The van der Waals surface area contributed by atoms with Gasteiger partial charge in [-0.1, -0.05) is 13.8 Å². The largest absolute Gasteiger partial charge is 0.477 e. The third kappa shape index (κ3) is 4.76. The van der Waals surface area contributed by atoms with Crippen LogP contribution < -0.4 is 10.1 Å². The van der Waals surface area contributed by atoms with Crippen LogP contribution in [0.1, 0.15) is 37.9 Å². The molecule has 0 saturated carbocycles. The fraction of sp³-hybridized carbons (Fsp3) is 0.688. The van der Waals surface area contributed by atoms with Crippen molar-refractivity contribution in [2.45, 2.75) is 39.7 Å². The van der Waals surface area contributed by atoms with E-state index in [1.54, 1.807) is 0 Å². The van der Waals surface area contributed by atoms with Gasteiger partial charge >= 0.3 is 0 Å². The lowest BCUT2D eigenvalue weighted by molar-refractivity contribution is 0.165. The van der Waals surface area contributed by atoms with Crippen LogP contribution >= 0.6 is 0 Å². The number of aromatic nitrogens is 1. The number of hydrogen-bond donors (Lipinski definition) is 1. The lowest BCUT2D eigenvalue weighted by Crippen LogP contribution is -2.15. The highest BCUT2D eigenvalue weighted by Crippen LogP contribution is 2.17. The first-order chi connectivity index (χ1) is 9.81. The van der Waals surface area contributed by atoms with Crippen LogP contribution in [0.4, 0.5) is 0 Å². The number of pyridine rings is 1. The molecule has 4 heteroatoms. The van der Waals surface area contributed by atoms with Gasteiger partial charge in [-0.25, -0.2) is 4.98 Å². The first-order valence-electron chi connectivity index (χ1n) is 7.73. The standard InChI is InChI=1S/C16H26N2O2/c1-3-6-17-10-14-8-15(4-2)18-16(9-14)20-12-13-5-7-19-11-13/h8-9,13,17H,3-7,10-12H2,1-2H3. The molecule has 1 fully saturated rings. The highest BCUT2D eigenvalue weighted by Gasteiger charge is 2.16. The summed E-state index contributed by atoms with van der Waals surface area (Å²) in [5, 5.41) is 3.42. The molecule has 20 heavy (non-hydrogen) atoms. The molecule has 0 bridgehead atoms. The molecule has 1 aliphatic heterocycles. The summed E-state index contributed by atoms with van der Waals surface area (Å²) in [7, 11) is 0. The Bertz CT molecular complexity index is 403. The Morgan fingerprint density at radius 1 is 1.40 bits per heavy atom. The predicted octanol–water partition coefficient (Wildman–Crippen LogP) is 2.56. The zero-order valence-electron chi connectivity index (χ0n) is 12.7. The zero-order valence-corrected chi connectivity index (χ0v) is 12.7. The van der Waals surface area contributed by atoms with Gasteiger partial charge in [0.05, 0.1) is 13.2 Å². The van der Waals surface area contributed by atoms with Crippen LogP contribution in [0.2, 0.25) is 0 Å². The van der Waals surface area contributed by atoms with Gasteiger partial charge in [-0.05, 0) is 37.4 Å². The van der Waals surface area contributed by atoms with Crippen molar-refractivity contribution in [3.63, 3.8) is 0 Å². The molecule has 2 rings (SSSR count). The Kier molecular flexibility index (Phi) is 6.27. The second-order valence-electron chi connectivity index (χ2n) is 5.38. The third-order valence-corrected chi connectivity index (χ3v) is 3.52. The van der Waals surface area contributed by atoms with Crippen LogP contribution in [0.25, 0.3) is 0 Å². The maximum atomic E-state index is 5.86. The molecule has 1 aromatic rings. The third-order valence-electron chi connectivity index (χ3n) is 3.52. The molecule has 4 nitrogen and oxygen atoms in total. The van der Waals surface area contributed by atoms with Crippen LogP contribution in [0.5, 0.6) is 5.88 Å². The molecule has 1 saturated heterocycles. The summed E-state index contributed by atoms with van der Waals surface area (Å²) in [4.78, 5) is 4.55. The minimum absolute atomic E-state index is 0.517. The van der Waals surface area contributed by atoms with E-state index in [0.717, 1.165) is 57.1 Å². The molecule has 0 spiro atoms. The van der Waals surface area contributed by atoms with Crippen molar-refractivity contribution < 1.29 is 9.47 Å². The first kappa shape index (κ1) is 15.3. The van der Waals surface area contributed by atoms with Gasteiger partial charge in [0.1, 0.15) is 0 Å². The number of nitrogens with one attached hydrogen (secondary N) is 1. The molecule has 0 amide bonds. The summed E-state index contributed by atoms with van der Waals surface area (Å²) in [5.74, 6) is 1.27. The molecular weight excluding hydrogens is 252 g/mol. The van der Waals surface area contributed by atoms with Crippen LogP contribution in [0.3, 0.4) is 0 Å². The Labute approximate surface area is 121 Å². The zero-order chi connectivity index (χ0) is 14.2. The quantitative estimate of drug-likeness (QED) is 0.742. The van der Waals surface area contributed by atoms with E-state index in [-0.39, 0.29) is 0 Å². The summed E-state index contributed by atoms with van der Waals surface area (Å²) in [5.41, 5.74) is 2.35. The van der Waals surface area contributed by atoms with E-state index >= 15 is 0 Å². The normalized spacial score (nSPS) is 18.4. The van der Waals surface area contributed by atoms with Gasteiger partial charge in [0.25, 0.3) is 0 Å². The van der Waals surface area contributed by atoms with E-state index in [1.807, 2.05) is 0 Å². The second kappa shape index (κ2) is 8.22. The van der Waals surface area contributed by atoms with E-state index in [1.165, 1.54) is 5.56 Å². The molecule has 1 N–H and O–H groups in total. The van der Waals surface area contributed by atoms with Crippen molar-refractivity contribution in [2.75, 3.05) is 26.4 Å². The Morgan fingerprint density at radius 3 is 3.00 bits per heavy atom.